The highest BCUT2D eigenvalue weighted by Crippen LogP contribution is 2.36. The standard InChI is InChI=1S/C17H21NO3/c1-3-18-9-17-14(6-7-19-17)13-4-5-15-16(8-13)21-11-12(2)10-20-15/h4-8,12,18H,3,9-11H2,1-2H3. The van der Waals surface area contributed by atoms with Crippen molar-refractivity contribution >= 4 is 0 Å². The lowest BCUT2D eigenvalue weighted by Gasteiger charge is -2.09. The molecule has 1 N–H and O–H groups in total. The van der Waals surface area contributed by atoms with Crippen molar-refractivity contribution < 1.29 is 13.9 Å². The predicted molar refractivity (Wildman–Crippen MR) is 81.7 cm³/mol. The van der Waals surface area contributed by atoms with Crippen LogP contribution in [0.3, 0.4) is 0 Å². The summed E-state index contributed by atoms with van der Waals surface area (Å²) in [5.41, 5.74) is 2.19. The summed E-state index contributed by atoms with van der Waals surface area (Å²) >= 11 is 0. The summed E-state index contributed by atoms with van der Waals surface area (Å²) in [6.07, 6.45) is 1.73. The molecule has 2 aromatic rings. The molecular weight excluding hydrogens is 266 g/mol. The molecule has 0 bridgehead atoms. The fourth-order valence-electron chi connectivity index (χ4n) is 2.39. The largest absolute Gasteiger partial charge is 0.489 e. The minimum atomic E-state index is 0.402. The molecule has 0 radical (unpaired) electrons. The average molecular weight is 287 g/mol. The van der Waals surface area contributed by atoms with E-state index in [1.807, 2.05) is 18.2 Å². The van der Waals surface area contributed by atoms with Crippen molar-refractivity contribution in [1.82, 2.24) is 5.32 Å². The first-order chi connectivity index (χ1) is 10.3. The monoisotopic (exact) mass is 287 g/mol. The van der Waals surface area contributed by atoms with Gasteiger partial charge in [0.15, 0.2) is 11.5 Å². The van der Waals surface area contributed by atoms with Crippen LogP contribution in [0.2, 0.25) is 0 Å². The third-order valence-corrected chi connectivity index (χ3v) is 3.58. The lowest BCUT2D eigenvalue weighted by atomic mass is 10.1. The maximum absolute atomic E-state index is 5.85. The Kier molecular flexibility index (Phi) is 4.15. The lowest BCUT2D eigenvalue weighted by Crippen LogP contribution is -2.12. The van der Waals surface area contributed by atoms with Crippen molar-refractivity contribution in [3.8, 4) is 22.6 Å². The Morgan fingerprint density at radius 3 is 2.76 bits per heavy atom. The molecule has 0 spiro atoms. The van der Waals surface area contributed by atoms with Crippen molar-refractivity contribution in [2.75, 3.05) is 19.8 Å². The molecule has 0 saturated heterocycles. The van der Waals surface area contributed by atoms with Gasteiger partial charge in [-0.25, -0.2) is 0 Å². The fraction of sp³-hybridized carbons (Fsp3) is 0.412. The summed E-state index contributed by atoms with van der Waals surface area (Å²) in [4.78, 5) is 0. The number of rotatable bonds is 4. The lowest BCUT2D eigenvalue weighted by molar-refractivity contribution is 0.228. The zero-order chi connectivity index (χ0) is 14.7. The maximum atomic E-state index is 5.85. The molecule has 1 atom stereocenters. The molecule has 4 nitrogen and oxygen atoms in total. The molecule has 0 aliphatic carbocycles. The molecule has 1 aromatic carbocycles. The molecule has 21 heavy (non-hydrogen) atoms. The molecular formula is C17H21NO3. The molecule has 1 aliphatic rings. The van der Waals surface area contributed by atoms with Gasteiger partial charge in [0, 0.05) is 11.5 Å². The smallest absolute Gasteiger partial charge is 0.161 e. The number of fused-ring (bicyclic) bond motifs is 1. The van der Waals surface area contributed by atoms with Crippen molar-refractivity contribution in [3.63, 3.8) is 0 Å². The van der Waals surface area contributed by atoms with Gasteiger partial charge in [0.25, 0.3) is 0 Å². The van der Waals surface area contributed by atoms with Crippen LogP contribution in [0.1, 0.15) is 19.6 Å². The van der Waals surface area contributed by atoms with Gasteiger partial charge in [0.2, 0.25) is 0 Å². The Hall–Kier alpha value is -1.94. The number of ether oxygens (including phenoxy) is 2. The molecule has 4 heteroatoms. The minimum absolute atomic E-state index is 0.402. The van der Waals surface area contributed by atoms with Gasteiger partial charge in [-0.15, -0.1) is 0 Å². The van der Waals surface area contributed by atoms with Crippen LogP contribution >= 0.6 is 0 Å². The average Bonchev–Trinajstić information content (AvgIpc) is 2.89. The van der Waals surface area contributed by atoms with Gasteiger partial charge in [0.1, 0.15) is 5.76 Å². The Morgan fingerprint density at radius 1 is 1.14 bits per heavy atom. The third kappa shape index (κ3) is 3.05. The van der Waals surface area contributed by atoms with Crippen LogP contribution in [0.15, 0.2) is 34.9 Å². The zero-order valence-electron chi connectivity index (χ0n) is 12.5. The van der Waals surface area contributed by atoms with Crippen LogP contribution in [0.4, 0.5) is 0 Å². The van der Waals surface area contributed by atoms with Crippen molar-refractivity contribution in [2.45, 2.75) is 20.4 Å². The molecule has 1 aliphatic heterocycles. The second-order valence-electron chi connectivity index (χ2n) is 5.43. The van der Waals surface area contributed by atoms with Crippen molar-refractivity contribution in [1.29, 1.82) is 0 Å². The first kappa shape index (κ1) is 14.0. The summed E-state index contributed by atoms with van der Waals surface area (Å²) in [5, 5.41) is 3.29. The molecule has 2 heterocycles. The number of benzene rings is 1. The molecule has 1 unspecified atom stereocenters. The highest BCUT2D eigenvalue weighted by Gasteiger charge is 2.17. The topological polar surface area (TPSA) is 43.6 Å². The first-order valence-electron chi connectivity index (χ1n) is 7.45. The van der Waals surface area contributed by atoms with E-state index in [0.717, 1.165) is 41.5 Å². The normalized spacial score (nSPS) is 17.5. The predicted octanol–water partition coefficient (Wildman–Crippen LogP) is 3.46. The molecule has 112 valence electrons. The van der Waals surface area contributed by atoms with Gasteiger partial charge in [-0.3, -0.25) is 0 Å². The van der Waals surface area contributed by atoms with Crippen LogP contribution < -0.4 is 14.8 Å². The first-order valence-corrected chi connectivity index (χ1v) is 7.45. The van der Waals surface area contributed by atoms with Gasteiger partial charge in [-0.1, -0.05) is 19.9 Å². The maximum Gasteiger partial charge on any atom is 0.161 e. The van der Waals surface area contributed by atoms with E-state index in [1.165, 1.54) is 0 Å². The summed E-state index contributed by atoms with van der Waals surface area (Å²) in [6.45, 7) is 7.23. The summed E-state index contributed by atoms with van der Waals surface area (Å²) in [7, 11) is 0. The molecule has 0 fully saturated rings. The van der Waals surface area contributed by atoms with Crippen LogP contribution in [0, 0.1) is 5.92 Å². The van der Waals surface area contributed by atoms with E-state index in [-0.39, 0.29) is 0 Å². The Labute approximate surface area is 125 Å². The van der Waals surface area contributed by atoms with Crippen LogP contribution in [0.25, 0.3) is 11.1 Å². The quantitative estimate of drug-likeness (QED) is 0.935. The van der Waals surface area contributed by atoms with E-state index in [2.05, 4.69) is 25.2 Å². The van der Waals surface area contributed by atoms with Gasteiger partial charge < -0.3 is 19.2 Å². The Balaban J connectivity index is 1.89. The van der Waals surface area contributed by atoms with E-state index >= 15 is 0 Å². The third-order valence-electron chi connectivity index (χ3n) is 3.58. The van der Waals surface area contributed by atoms with Crippen molar-refractivity contribution in [2.24, 2.45) is 5.92 Å². The number of furan rings is 1. The summed E-state index contributed by atoms with van der Waals surface area (Å²) in [5.74, 6) is 2.98. The second-order valence-corrected chi connectivity index (χ2v) is 5.43. The second kappa shape index (κ2) is 6.22. The van der Waals surface area contributed by atoms with Gasteiger partial charge in [0.05, 0.1) is 26.0 Å². The van der Waals surface area contributed by atoms with E-state index < -0.39 is 0 Å². The SMILES string of the molecule is CCNCc1occc1-c1ccc2c(c1)OCC(C)CO2. The van der Waals surface area contributed by atoms with E-state index in [4.69, 9.17) is 13.9 Å². The van der Waals surface area contributed by atoms with E-state index in [9.17, 15) is 0 Å². The summed E-state index contributed by atoms with van der Waals surface area (Å²) in [6, 6.07) is 8.06. The van der Waals surface area contributed by atoms with Crippen molar-refractivity contribution in [3.05, 3.63) is 36.3 Å². The van der Waals surface area contributed by atoms with Crippen LogP contribution in [-0.4, -0.2) is 19.8 Å². The van der Waals surface area contributed by atoms with Gasteiger partial charge in [-0.2, -0.15) is 0 Å². The molecule has 3 rings (SSSR count). The van der Waals surface area contributed by atoms with Gasteiger partial charge in [-0.05, 0) is 30.3 Å². The highest BCUT2D eigenvalue weighted by atomic mass is 16.5. The minimum Gasteiger partial charge on any atom is -0.489 e. The van der Waals surface area contributed by atoms with Gasteiger partial charge >= 0.3 is 0 Å². The van der Waals surface area contributed by atoms with E-state index in [0.29, 0.717) is 19.1 Å². The fourth-order valence-corrected chi connectivity index (χ4v) is 2.39. The zero-order valence-corrected chi connectivity index (χ0v) is 12.5. The van der Waals surface area contributed by atoms with E-state index in [1.54, 1.807) is 6.26 Å². The molecule has 0 amide bonds. The molecule has 1 aromatic heterocycles. The highest BCUT2D eigenvalue weighted by molar-refractivity contribution is 5.68. The summed E-state index contributed by atoms with van der Waals surface area (Å²) < 4.78 is 17.2. The number of hydrogen-bond acceptors (Lipinski definition) is 4. The number of nitrogens with one attached hydrogen (secondary N) is 1. The Morgan fingerprint density at radius 2 is 1.95 bits per heavy atom. The Bertz CT molecular complexity index is 606. The van der Waals surface area contributed by atoms with Crippen LogP contribution in [0.5, 0.6) is 11.5 Å². The number of hydrogen-bond donors (Lipinski definition) is 1. The van der Waals surface area contributed by atoms with Crippen LogP contribution in [-0.2, 0) is 6.54 Å². The molecule has 0 saturated carbocycles.